The number of imidazole rings is 1. The van der Waals surface area contributed by atoms with Gasteiger partial charge in [-0.1, -0.05) is 6.92 Å². The van der Waals surface area contributed by atoms with Gasteiger partial charge in [0.15, 0.2) is 5.82 Å². The number of amidine groups is 1. The molecular weight excluding hydrogens is 302 g/mol. The average molecular weight is 331 g/mol. The molecule has 0 unspecified atom stereocenters. The van der Waals surface area contributed by atoms with Crippen LogP contribution in [0, 0.1) is 0 Å². The van der Waals surface area contributed by atoms with Crippen molar-refractivity contribution in [2.45, 2.75) is 69.3 Å². The number of aliphatic hydroxyl groups is 1. The third kappa shape index (κ3) is 2.70. The Hall–Kier alpha value is -1.56. The highest BCUT2D eigenvalue weighted by Gasteiger charge is 2.50. The molecule has 0 radical (unpaired) electrons. The van der Waals surface area contributed by atoms with E-state index in [0.717, 1.165) is 94.2 Å². The highest BCUT2D eigenvalue weighted by molar-refractivity contribution is 6.01. The normalized spacial score (nSPS) is 32.3. The summed E-state index contributed by atoms with van der Waals surface area (Å²) in [6.07, 6.45) is 7.96. The molecule has 2 bridgehead atoms. The second kappa shape index (κ2) is 6.06. The molecule has 3 fully saturated rings. The maximum absolute atomic E-state index is 10.5. The zero-order valence-corrected chi connectivity index (χ0v) is 14.6. The van der Waals surface area contributed by atoms with Gasteiger partial charge in [-0.25, -0.2) is 4.98 Å². The summed E-state index contributed by atoms with van der Waals surface area (Å²) < 4.78 is 0. The van der Waals surface area contributed by atoms with Crippen LogP contribution in [0.3, 0.4) is 0 Å². The number of rotatable bonds is 5. The highest BCUT2D eigenvalue weighted by atomic mass is 16.3. The van der Waals surface area contributed by atoms with Crippen molar-refractivity contribution >= 4 is 11.7 Å². The minimum Gasteiger partial charge on any atom is -0.390 e. The third-order valence-corrected chi connectivity index (χ3v) is 6.09. The molecule has 132 valence electrons. The Morgan fingerprint density at radius 2 is 1.92 bits per heavy atom. The van der Waals surface area contributed by atoms with Crippen LogP contribution in [-0.2, 0) is 5.41 Å². The molecule has 6 nitrogen and oxygen atoms in total. The maximum Gasteiger partial charge on any atom is 0.155 e. The molecule has 0 aromatic carbocycles. The average Bonchev–Trinajstić information content (AvgIpc) is 3.06. The van der Waals surface area contributed by atoms with E-state index in [1.807, 2.05) is 0 Å². The van der Waals surface area contributed by atoms with Crippen LogP contribution in [0.15, 0.2) is 4.99 Å². The fraction of sp³-hybridized carbons (Fsp3) is 0.778. The first kappa shape index (κ1) is 15.9. The van der Waals surface area contributed by atoms with Crippen LogP contribution in [0.25, 0.3) is 0 Å². The van der Waals surface area contributed by atoms with Crippen LogP contribution < -0.4 is 10.6 Å². The van der Waals surface area contributed by atoms with Crippen LogP contribution in [0.1, 0.15) is 69.8 Å². The van der Waals surface area contributed by atoms with Crippen molar-refractivity contribution in [2.75, 3.05) is 25.0 Å². The third-order valence-electron chi connectivity index (χ3n) is 6.09. The number of nitrogens with one attached hydrogen (secondary N) is 3. The number of aliphatic imine (C=N–C) groups is 1. The van der Waals surface area contributed by atoms with Gasteiger partial charge in [0.05, 0.1) is 5.60 Å². The molecule has 5 rings (SSSR count). The van der Waals surface area contributed by atoms with Crippen LogP contribution >= 0.6 is 0 Å². The van der Waals surface area contributed by atoms with Crippen molar-refractivity contribution in [3.63, 3.8) is 0 Å². The Kier molecular flexibility index (Phi) is 4.03. The fourth-order valence-corrected chi connectivity index (χ4v) is 4.39. The molecule has 4 aliphatic rings. The molecule has 4 N–H and O–H groups in total. The summed E-state index contributed by atoms with van der Waals surface area (Å²) in [6, 6.07) is 0. The zero-order chi connectivity index (χ0) is 16.6. The predicted molar refractivity (Wildman–Crippen MR) is 95.7 cm³/mol. The summed E-state index contributed by atoms with van der Waals surface area (Å²) in [6.45, 7) is 4.93. The van der Waals surface area contributed by atoms with E-state index >= 15 is 0 Å². The Labute approximate surface area is 143 Å². The van der Waals surface area contributed by atoms with Gasteiger partial charge in [0, 0.05) is 25.0 Å². The van der Waals surface area contributed by atoms with Gasteiger partial charge in [0.25, 0.3) is 0 Å². The predicted octanol–water partition coefficient (Wildman–Crippen LogP) is 2.31. The quantitative estimate of drug-likeness (QED) is 0.667. The highest BCUT2D eigenvalue weighted by Crippen LogP contribution is 2.53. The van der Waals surface area contributed by atoms with Gasteiger partial charge < -0.3 is 20.7 Å². The van der Waals surface area contributed by atoms with Gasteiger partial charge in [0.1, 0.15) is 17.4 Å². The summed E-state index contributed by atoms with van der Waals surface area (Å²) in [5, 5.41) is 17.4. The van der Waals surface area contributed by atoms with Gasteiger partial charge in [0.2, 0.25) is 0 Å². The largest absolute Gasteiger partial charge is 0.390 e. The van der Waals surface area contributed by atoms with Crippen molar-refractivity contribution in [1.29, 1.82) is 0 Å². The molecular formula is C18H29N5O. The lowest BCUT2D eigenvalue weighted by molar-refractivity contribution is -0.0678. The topological polar surface area (TPSA) is 85.3 Å². The van der Waals surface area contributed by atoms with Crippen LogP contribution in [0.5, 0.6) is 0 Å². The molecule has 3 aliphatic carbocycles. The molecule has 0 atom stereocenters. The fourth-order valence-electron chi connectivity index (χ4n) is 4.39. The summed E-state index contributed by atoms with van der Waals surface area (Å²) in [4.78, 5) is 13.2. The lowest BCUT2D eigenvalue weighted by Crippen LogP contribution is -2.48. The molecule has 24 heavy (non-hydrogen) atoms. The molecule has 0 spiro atoms. The molecule has 3 saturated carbocycles. The van der Waals surface area contributed by atoms with E-state index in [9.17, 15) is 5.11 Å². The van der Waals surface area contributed by atoms with E-state index < -0.39 is 5.60 Å². The zero-order valence-electron chi connectivity index (χ0n) is 14.6. The van der Waals surface area contributed by atoms with Gasteiger partial charge in [-0.2, -0.15) is 0 Å². The Balaban J connectivity index is 1.66. The summed E-state index contributed by atoms with van der Waals surface area (Å²) in [7, 11) is 0. The molecule has 6 heteroatoms. The van der Waals surface area contributed by atoms with Crippen molar-refractivity contribution in [2.24, 2.45) is 4.99 Å². The standard InChI is InChI=1S/C18H29N5O/c1-2-10-19-15-13(14-20-11-3-12-21-14)22-16(23-15)17-4-7-18(24,8-5-17)9-6-17/h19,24H,2-12H2,1H3,(H,20,21)(H,22,23). The summed E-state index contributed by atoms with van der Waals surface area (Å²) in [5.41, 5.74) is 0.717. The minimum atomic E-state index is -0.407. The Morgan fingerprint density at radius 3 is 2.54 bits per heavy atom. The van der Waals surface area contributed by atoms with Crippen LogP contribution in [0.4, 0.5) is 5.82 Å². The van der Waals surface area contributed by atoms with E-state index in [1.165, 1.54) is 0 Å². The van der Waals surface area contributed by atoms with Gasteiger partial charge in [-0.3, -0.25) is 4.99 Å². The number of nitrogens with zero attached hydrogens (tertiary/aromatic N) is 2. The first-order valence-electron chi connectivity index (χ1n) is 9.50. The van der Waals surface area contributed by atoms with E-state index in [-0.39, 0.29) is 5.41 Å². The first-order valence-corrected chi connectivity index (χ1v) is 9.50. The Bertz CT molecular complexity index is 611. The van der Waals surface area contributed by atoms with Crippen LogP contribution in [-0.4, -0.2) is 46.1 Å². The first-order chi connectivity index (χ1) is 11.6. The summed E-state index contributed by atoms with van der Waals surface area (Å²) >= 11 is 0. The molecule has 1 aromatic rings. The van der Waals surface area contributed by atoms with Crippen molar-refractivity contribution < 1.29 is 5.11 Å². The smallest absolute Gasteiger partial charge is 0.155 e. The van der Waals surface area contributed by atoms with Crippen LogP contribution in [0.2, 0.25) is 0 Å². The van der Waals surface area contributed by atoms with Gasteiger partial charge in [-0.15, -0.1) is 0 Å². The number of H-pyrrole nitrogens is 1. The maximum atomic E-state index is 10.5. The molecule has 1 aliphatic heterocycles. The molecule has 0 saturated heterocycles. The molecule has 2 heterocycles. The van der Waals surface area contributed by atoms with E-state index in [0.29, 0.717) is 0 Å². The van der Waals surface area contributed by atoms with Crippen molar-refractivity contribution in [3.05, 3.63) is 11.5 Å². The monoisotopic (exact) mass is 331 g/mol. The number of fused-ring (bicyclic) bond motifs is 3. The number of aromatic nitrogens is 2. The van der Waals surface area contributed by atoms with E-state index in [4.69, 9.17) is 4.98 Å². The number of hydrogen-bond acceptors (Lipinski definition) is 5. The molecule has 1 aromatic heterocycles. The number of hydrogen-bond donors (Lipinski definition) is 4. The van der Waals surface area contributed by atoms with E-state index in [2.05, 4.69) is 27.5 Å². The van der Waals surface area contributed by atoms with Gasteiger partial charge in [-0.05, 0) is 51.4 Å². The molecule has 0 amide bonds. The second-order valence-corrected chi connectivity index (χ2v) is 7.75. The van der Waals surface area contributed by atoms with Crippen molar-refractivity contribution in [3.8, 4) is 0 Å². The lowest BCUT2D eigenvalue weighted by atomic mass is 9.58. The van der Waals surface area contributed by atoms with Gasteiger partial charge >= 0.3 is 0 Å². The number of anilines is 1. The Morgan fingerprint density at radius 1 is 1.17 bits per heavy atom. The van der Waals surface area contributed by atoms with E-state index in [1.54, 1.807) is 0 Å². The lowest BCUT2D eigenvalue weighted by Gasteiger charge is -2.49. The SMILES string of the molecule is CCCNc1nc(C23CCC(O)(CC2)CC3)[nH]c1C1=NCCCN1. The summed E-state index contributed by atoms with van der Waals surface area (Å²) in [5.74, 6) is 2.96. The minimum absolute atomic E-state index is 0.112. The van der Waals surface area contributed by atoms with Crippen molar-refractivity contribution in [1.82, 2.24) is 15.3 Å². The number of aromatic amines is 1. The second-order valence-electron chi connectivity index (χ2n) is 7.75.